The van der Waals surface area contributed by atoms with Gasteiger partial charge in [-0.3, -0.25) is 4.79 Å². The Morgan fingerprint density at radius 3 is 2.57 bits per heavy atom. The van der Waals surface area contributed by atoms with Crippen molar-refractivity contribution in [2.45, 2.75) is 12.8 Å². The van der Waals surface area contributed by atoms with Gasteiger partial charge in [0.2, 0.25) is 17.6 Å². The molecule has 0 saturated heterocycles. The Labute approximate surface area is 181 Å². The van der Waals surface area contributed by atoms with E-state index in [4.69, 9.17) is 20.9 Å². The molecule has 2 heterocycles. The number of aryl methyl sites for hydroxylation is 1. The highest BCUT2D eigenvalue weighted by molar-refractivity contribution is 7.14. The summed E-state index contributed by atoms with van der Waals surface area (Å²) in [6.07, 6.45) is 0.546. The number of amides is 1. The van der Waals surface area contributed by atoms with Crippen LogP contribution >= 0.6 is 22.9 Å². The quantitative estimate of drug-likeness (QED) is 0.430. The van der Waals surface area contributed by atoms with Crippen LogP contribution in [0.2, 0.25) is 5.02 Å². The molecule has 0 fully saturated rings. The molecule has 30 heavy (non-hydrogen) atoms. The molecule has 2 aromatic carbocycles. The molecule has 152 valence electrons. The van der Waals surface area contributed by atoms with Crippen LogP contribution in [-0.4, -0.2) is 28.1 Å². The average molecular weight is 441 g/mol. The van der Waals surface area contributed by atoms with Gasteiger partial charge >= 0.3 is 0 Å². The van der Waals surface area contributed by atoms with Gasteiger partial charge < -0.3 is 14.6 Å². The van der Waals surface area contributed by atoms with E-state index in [0.717, 1.165) is 22.6 Å². The molecule has 0 radical (unpaired) electrons. The van der Waals surface area contributed by atoms with E-state index in [0.29, 0.717) is 28.3 Å². The van der Waals surface area contributed by atoms with Crippen molar-refractivity contribution >= 4 is 34.0 Å². The second-order valence-electron chi connectivity index (χ2n) is 6.33. The minimum atomic E-state index is -0.170. The first kappa shape index (κ1) is 20.1. The number of nitrogens with one attached hydrogen (secondary N) is 1. The summed E-state index contributed by atoms with van der Waals surface area (Å²) in [6, 6.07) is 14.7. The van der Waals surface area contributed by atoms with Gasteiger partial charge in [0.1, 0.15) is 5.75 Å². The van der Waals surface area contributed by atoms with Crippen LogP contribution in [0.4, 0.5) is 5.13 Å². The number of hydrogen-bond acceptors (Lipinski definition) is 7. The second-order valence-corrected chi connectivity index (χ2v) is 7.63. The van der Waals surface area contributed by atoms with Crippen molar-refractivity contribution in [3.8, 4) is 28.4 Å². The molecule has 9 heteroatoms. The predicted molar refractivity (Wildman–Crippen MR) is 116 cm³/mol. The Hall–Kier alpha value is -3.23. The average Bonchev–Trinajstić information content (AvgIpc) is 3.43. The molecule has 0 atom stereocenters. The number of halogens is 1. The predicted octanol–water partition coefficient (Wildman–Crippen LogP) is 5.09. The van der Waals surface area contributed by atoms with Gasteiger partial charge in [-0.15, -0.1) is 11.3 Å². The lowest BCUT2D eigenvalue weighted by molar-refractivity contribution is -0.116. The molecular formula is C21H17ClN4O3S. The molecule has 4 aromatic rings. The monoisotopic (exact) mass is 440 g/mol. The van der Waals surface area contributed by atoms with Gasteiger partial charge in [0.15, 0.2) is 5.13 Å². The summed E-state index contributed by atoms with van der Waals surface area (Å²) < 4.78 is 10.4. The molecule has 0 bridgehead atoms. The molecule has 1 N–H and O–H groups in total. The first-order valence-corrected chi connectivity index (χ1v) is 10.3. The lowest BCUT2D eigenvalue weighted by Gasteiger charge is -2.00. The van der Waals surface area contributed by atoms with E-state index >= 15 is 0 Å². The Kier molecular flexibility index (Phi) is 6.06. The van der Waals surface area contributed by atoms with Gasteiger partial charge in [0, 0.05) is 34.4 Å². The van der Waals surface area contributed by atoms with Crippen LogP contribution in [0.25, 0.3) is 22.6 Å². The molecule has 0 aliphatic carbocycles. The van der Waals surface area contributed by atoms with Crippen LogP contribution in [0.15, 0.2) is 58.4 Å². The Morgan fingerprint density at radius 2 is 1.83 bits per heavy atom. The fourth-order valence-electron chi connectivity index (χ4n) is 2.70. The summed E-state index contributed by atoms with van der Waals surface area (Å²) in [4.78, 5) is 21.0. The van der Waals surface area contributed by atoms with Crippen molar-refractivity contribution < 1.29 is 14.1 Å². The topological polar surface area (TPSA) is 90.1 Å². The molecule has 0 aliphatic rings. The Bertz CT molecular complexity index is 1140. The van der Waals surface area contributed by atoms with E-state index in [1.165, 1.54) is 11.3 Å². The van der Waals surface area contributed by atoms with E-state index in [1.807, 2.05) is 41.8 Å². The first-order chi connectivity index (χ1) is 14.6. The molecule has 7 nitrogen and oxygen atoms in total. The van der Waals surface area contributed by atoms with E-state index in [9.17, 15) is 4.79 Å². The molecule has 0 spiro atoms. The maximum atomic E-state index is 12.3. The van der Waals surface area contributed by atoms with Crippen LogP contribution < -0.4 is 10.1 Å². The molecule has 0 unspecified atom stereocenters. The summed E-state index contributed by atoms with van der Waals surface area (Å²) >= 11 is 7.28. The molecular weight excluding hydrogens is 424 g/mol. The zero-order valence-corrected chi connectivity index (χ0v) is 17.5. The third-order valence-electron chi connectivity index (χ3n) is 4.27. The number of rotatable bonds is 7. The van der Waals surface area contributed by atoms with Crippen molar-refractivity contribution in [3.05, 3.63) is 64.8 Å². The number of thiazole rings is 1. The van der Waals surface area contributed by atoms with E-state index in [1.54, 1.807) is 19.2 Å². The van der Waals surface area contributed by atoms with Crippen LogP contribution in [0, 0.1) is 0 Å². The maximum Gasteiger partial charge on any atom is 0.227 e. The fraction of sp³-hybridized carbons (Fsp3) is 0.143. The summed E-state index contributed by atoms with van der Waals surface area (Å²) in [5, 5.41) is 9.86. The van der Waals surface area contributed by atoms with Gasteiger partial charge in [0.05, 0.1) is 12.8 Å². The van der Waals surface area contributed by atoms with Crippen molar-refractivity contribution in [2.75, 3.05) is 12.4 Å². The SMILES string of the molecule is COc1ccc(-c2noc(CCC(=O)Nc3nc(-c4ccc(Cl)cc4)cs3)n2)cc1. The van der Waals surface area contributed by atoms with E-state index in [2.05, 4.69) is 20.4 Å². The fourth-order valence-corrected chi connectivity index (χ4v) is 3.56. The zero-order chi connectivity index (χ0) is 20.9. The highest BCUT2D eigenvalue weighted by Gasteiger charge is 2.12. The van der Waals surface area contributed by atoms with Crippen molar-refractivity contribution in [1.82, 2.24) is 15.1 Å². The molecule has 1 amide bonds. The third-order valence-corrected chi connectivity index (χ3v) is 5.28. The van der Waals surface area contributed by atoms with Crippen LogP contribution in [0.1, 0.15) is 12.3 Å². The lowest BCUT2D eigenvalue weighted by Crippen LogP contribution is -2.12. The van der Waals surface area contributed by atoms with Crippen molar-refractivity contribution in [3.63, 3.8) is 0 Å². The maximum absolute atomic E-state index is 12.3. The summed E-state index contributed by atoms with van der Waals surface area (Å²) in [7, 11) is 1.61. The first-order valence-electron chi connectivity index (χ1n) is 9.09. The number of ether oxygens (including phenoxy) is 1. The summed E-state index contributed by atoms with van der Waals surface area (Å²) in [5.74, 6) is 1.45. The number of hydrogen-bond donors (Lipinski definition) is 1. The smallest absolute Gasteiger partial charge is 0.227 e. The highest BCUT2D eigenvalue weighted by atomic mass is 35.5. The van der Waals surface area contributed by atoms with Gasteiger partial charge in [-0.25, -0.2) is 4.98 Å². The van der Waals surface area contributed by atoms with Crippen LogP contribution in [-0.2, 0) is 11.2 Å². The Balaban J connectivity index is 1.32. The number of benzene rings is 2. The summed E-state index contributed by atoms with van der Waals surface area (Å²) in [6.45, 7) is 0. The molecule has 4 rings (SSSR count). The van der Waals surface area contributed by atoms with Crippen molar-refractivity contribution in [2.24, 2.45) is 0 Å². The normalized spacial score (nSPS) is 10.7. The second kappa shape index (κ2) is 9.06. The minimum absolute atomic E-state index is 0.170. The van der Waals surface area contributed by atoms with Gasteiger partial charge in [-0.1, -0.05) is 28.9 Å². The number of carbonyl (C=O) groups excluding carboxylic acids is 1. The van der Waals surface area contributed by atoms with Gasteiger partial charge in [-0.2, -0.15) is 4.98 Å². The third kappa shape index (κ3) is 4.84. The van der Waals surface area contributed by atoms with Crippen LogP contribution in [0.5, 0.6) is 5.75 Å². The Morgan fingerprint density at radius 1 is 1.10 bits per heavy atom. The molecule has 0 aliphatic heterocycles. The number of aromatic nitrogens is 3. The highest BCUT2D eigenvalue weighted by Crippen LogP contribution is 2.26. The number of nitrogens with zero attached hydrogens (tertiary/aromatic N) is 3. The van der Waals surface area contributed by atoms with Crippen molar-refractivity contribution in [1.29, 1.82) is 0 Å². The van der Waals surface area contributed by atoms with Crippen LogP contribution in [0.3, 0.4) is 0 Å². The van der Waals surface area contributed by atoms with E-state index < -0.39 is 0 Å². The molecule has 0 saturated carbocycles. The standard InChI is InChI=1S/C21H17ClN4O3S/c1-28-16-8-4-14(5-9-16)20-25-19(29-26-20)11-10-18(27)24-21-23-17(12-30-21)13-2-6-15(22)7-3-13/h2-9,12H,10-11H2,1H3,(H,23,24,27). The zero-order valence-electron chi connectivity index (χ0n) is 16.0. The van der Waals surface area contributed by atoms with E-state index in [-0.39, 0.29) is 12.3 Å². The van der Waals surface area contributed by atoms with Gasteiger partial charge in [0.25, 0.3) is 0 Å². The summed E-state index contributed by atoms with van der Waals surface area (Å²) in [5.41, 5.74) is 2.54. The largest absolute Gasteiger partial charge is 0.497 e. The number of carbonyl (C=O) groups is 1. The number of methoxy groups -OCH3 is 1. The number of anilines is 1. The molecule has 2 aromatic heterocycles. The minimum Gasteiger partial charge on any atom is -0.497 e. The lowest BCUT2D eigenvalue weighted by atomic mass is 10.2. The van der Waals surface area contributed by atoms with Gasteiger partial charge in [-0.05, 0) is 36.4 Å².